The van der Waals surface area contributed by atoms with E-state index >= 15 is 0 Å². The first-order valence-corrected chi connectivity index (χ1v) is 11.6. The molecule has 2 heterocycles. The van der Waals surface area contributed by atoms with Crippen LogP contribution in [0.5, 0.6) is 0 Å². The van der Waals surface area contributed by atoms with E-state index in [4.69, 9.17) is 11.6 Å². The van der Waals surface area contributed by atoms with Gasteiger partial charge in [-0.15, -0.1) is 0 Å². The Balaban J connectivity index is 1.29. The summed E-state index contributed by atoms with van der Waals surface area (Å²) < 4.78 is 0. The summed E-state index contributed by atoms with van der Waals surface area (Å²) in [5.41, 5.74) is 5.64. The van der Waals surface area contributed by atoms with Crippen LogP contribution in [-0.4, -0.2) is 28.9 Å². The molecule has 0 unspecified atom stereocenters. The van der Waals surface area contributed by atoms with Crippen LogP contribution in [0.25, 0.3) is 0 Å². The average molecular weight is 429 g/mol. The summed E-state index contributed by atoms with van der Waals surface area (Å²) in [7, 11) is 0. The molecular weight excluding hydrogens is 404 g/mol. The Morgan fingerprint density at radius 3 is 2.65 bits per heavy atom. The largest absolute Gasteiger partial charge is 0.342 e. The quantitative estimate of drug-likeness (QED) is 0.563. The number of piperidine rings is 1. The van der Waals surface area contributed by atoms with Crippen LogP contribution < -0.4 is 0 Å². The second kappa shape index (κ2) is 7.20. The first kappa shape index (κ1) is 19.1. The standard InChI is InChI=1S/C27H25ClN2O/c28-20-7-8-22-23-16-27(25(22)15-20,24-6-2-1-5-21(23)24)26(31)30-12-9-18(10-13-30)14-19-4-3-11-29-17-19/h1-8,11,15,17-18,23H,9-10,12-14,16H2/t23-,27-/m1/s1. The van der Waals surface area contributed by atoms with E-state index in [1.54, 1.807) is 0 Å². The molecule has 2 atom stereocenters. The van der Waals surface area contributed by atoms with Gasteiger partial charge in [-0.25, -0.2) is 0 Å². The lowest BCUT2D eigenvalue weighted by molar-refractivity contribution is -0.137. The molecule has 1 aromatic heterocycles. The van der Waals surface area contributed by atoms with E-state index in [0.29, 0.717) is 16.9 Å². The first-order valence-electron chi connectivity index (χ1n) is 11.2. The first-order chi connectivity index (χ1) is 15.2. The van der Waals surface area contributed by atoms with E-state index in [-0.39, 0.29) is 5.91 Å². The number of hydrogen-bond donors (Lipinski definition) is 0. The second-order valence-corrected chi connectivity index (χ2v) is 9.72. The molecule has 2 bridgehead atoms. The van der Waals surface area contributed by atoms with Gasteiger partial charge in [-0.3, -0.25) is 9.78 Å². The Morgan fingerprint density at radius 1 is 1.03 bits per heavy atom. The lowest BCUT2D eigenvalue weighted by Crippen LogP contribution is -2.49. The number of amides is 1. The van der Waals surface area contributed by atoms with E-state index in [0.717, 1.165) is 44.3 Å². The lowest BCUT2D eigenvalue weighted by atomic mass is 9.73. The predicted molar refractivity (Wildman–Crippen MR) is 122 cm³/mol. The Labute approximate surface area is 188 Å². The molecule has 3 aliphatic rings. The number of hydrogen-bond acceptors (Lipinski definition) is 2. The van der Waals surface area contributed by atoms with Gasteiger partial charge in [0.05, 0.1) is 0 Å². The molecule has 1 aliphatic heterocycles. The molecule has 156 valence electrons. The highest BCUT2D eigenvalue weighted by molar-refractivity contribution is 6.30. The molecule has 1 amide bonds. The number of carbonyl (C=O) groups excluding carboxylic acids is 1. The van der Waals surface area contributed by atoms with Crippen molar-refractivity contribution in [1.29, 1.82) is 0 Å². The van der Waals surface area contributed by atoms with E-state index < -0.39 is 5.41 Å². The summed E-state index contributed by atoms with van der Waals surface area (Å²) in [5, 5.41) is 0.714. The van der Waals surface area contributed by atoms with Gasteiger partial charge in [-0.2, -0.15) is 0 Å². The van der Waals surface area contributed by atoms with Gasteiger partial charge >= 0.3 is 0 Å². The third-order valence-electron chi connectivity index (χ3n) is 7.67. The molecule has 2 aromatic carbocycles. The van der Waals surface area contributed by atoms with Crippen molar-refractivity contribution in [2.45, 2.75) is 37.0 Å². The molecule has 3 aromatic rings. The van der Waals surface area contributed by atoms with Gasteiger partial charge in [-0.1, -0.05) is 48.0 Å². The van der Waals surface area contributed by atoms with Crippen molar-refractivity contribution in [1.82, 2.24) is 9.88 Å². The number of aromatic nitrogens is 1. The van der Waals surface area contributed by atoms with Gasteiger partial charge in [-0.05, 0) is 77.6 Å². The van der Waals surface area contributed by atoms with Gasteiger partial charge in [0.25, 0.3) is 0 Å². The van der Waals surface area contributed by atoms with Crippen molar-refractivity contribution in [3.05, 3.63) is 99.8 Å². The molecule has 31 heavy (non-hydrogen) atoms. The van der Waals surface area contributed by atoms with Crippen molar-refractivity contribution < 1.29 is 4.79 Å². The summed E-state index contributed by atoms with van der Waals surface area (Å²) in [6.45, 7) is 1.66. The maximum atomic E-state index is 14.2. The monoisotopic (exact) mass is 428 g/mol. The third kappa shape index (κ3) is 2.86. The Bertz CT molecular complexity index is 1150. The molecular formula is C27H25ClN2O. The minimum Gasteiger partial charge on any atom is -0.342 e. The highest BCUT2D eigenvalue weighted by Crippen LogP contribution is 2.61. The van der Waals surface area contributed by atoms with Crippen LogP contribution in [0.1, 0.15) is 53.0 Å². The van der Waals surface area contributed by atoms with E-state index in [2.05, 4.69) is 46.3 Å². The Morgan fingerprint density at radius 2 is 1.84 bits per heavy atom. The topological polar surface area (TPSA) is 33.2 Å². The van der Waals surface area contributed by atoms with Gasteiger partial charge in [0.2, 0.25) is 5.91 Å². The molecule has 1 fully saturated rings. The number of pyridine rings is 1. The molecule has 2 aliphatic carbocycles. The third-order valence-corrected chi connectivity index (χ3v) is 7.91. The summed E-state index contributed by atoms with van der Waals surface area (Å²) in [6.07, 6.45) is 7.77. The maximum Gasteiger partial charge on any atom is 0.237 e. The summed E-state index contributed by atoms with van der Waals surface area (Å²) in [6, 6.07) is 18.8. The normalized spacial score (nSPS) is 24.2. The Kier molecular flexibility index (Phi) is 4.43. The van der Waals surface area contributed by atoms with Crippen LogP contribution >= 0.6 is 11.6 Å². The van der Waals surface area contributed by atoms with Crippen LogP contribution in [0, 0.1) is 5.92 Å². The van der Waals surface area contributed by atoms with Crippen LogP contribution in [0.3, 0.4) is 0 Å². The van der Waals surface area contributed by atoms with E-state index in [1.165, 1.54) is 22.3 Å². The number of rotatable bonds is 3. The van der Waals surface area contributed by atoms with Crippen LogP contribution in [0.15, 0.2) is 67.0 Å². The number of fused-ring (bicyclic) bond motifs is 8. The van der Waals surface area contributed by atoms with Crippen molar-refractivity contribution in [3.63, 3.8) is 0 Å². The summed E-state index contributed by atoms with van der Waals surface area (Å²) in [5.74, 6) is 1.18. The highest BCUT2D eigenvalue weighted by Gasteiger charge is 2.58. The van der Waals surface area contributed by atoms with Crippen molar-refractivity contribution in [2.24, 2.45) is 5.92 Å². The van der Waals surface area contributed by atoms with Gasteiger partial charge < -0.3 is 4.90 Å². The predicted octanol–water partition coefficient (Wildman–Crippen LogP) is 5.35. The lowest BCUT2D eigenvalue weighted by Gasteiger charge is -2.39. The van der Waals surface area contributed by atoms with Crippen LogP contribution in [-0.2, 0) is 16.6 Å². The molecule has 1 saturated heterocycles. The molecule has 4 heteroatoms. The van der Waals surface area contributed by atoms with E-state index in [9.17, 15) is 4.79 Å². The van der Waals surface area contributed by atoms with E-state index in [1.807, 2.05) is 30.6 Å². The fourth-order valence-electron chi connectivity index (χ4n) is 6.23. The summed E-state index contributed by atoms with van der Waals surface area (Å²) in [4.78, 5) is 20.5. The molecule has 0 radical (unpaired) electrons. The smallest absolute Gasteiger partial charge is 0.237 e. The average Bonchev–Trinajstić information content (AvgIpc) is 3.33. The fraction of sp³-hybridized carbons (Fsp3) is 0.333. The zero-order valence-electron chi connectivity index (χ0n) is 17.4. The molecule has 3 nitrogen and oxygen atoms in total. The van der Waals surface area contributed by atoms with Crippen LogP contribution in [0.2, 0.25) is 5.02 Å². The van der Waals surface area contributed by atoms with Crippen LogP contribution in [0.4, 0.5) is 0 Å². The van der Waals surface area contributed by atoms with Gasteiger partial charge in [0.15, 0.2) is 0 Å². The van der Waals surface area contributed by atoms with Gasteiger partial charge in [0.1, 0.15) is 5.41 Å². The fourth-order valence-corrected chi connectivity index (χ4v) is 6.40. The maximum absolute atomic E-state index is 14.2. The zero-order valence-corrected chi connectivity index (χ0v) is 18.2. The number of halogens is 1. The number of likely N-dealkylation sites (tertiary alicyclic amines) is 1. The minimum atomic E-state index is -0.572. The number of benzene rings is 2. The minimum absolute atomic E-state index is 0.267. The molecule has 0 spiro atoms. The molecule has 0 N–H and O–H groups in total. The summed E-state index contributed by atoms with van der Waals surface area (Å²) >= 11 is 6.41. The van der Waals surface area contributed by atoms with Crippen molar-refractivity contribution in [2.75, 3.05) is 13.1 Å². The Hall–Kier alpha value is -2.65. The molecule has 0 saturated carbocycles. The number of nitrogens with zero attached hydrogens (tertiary/aromatic N) is 2. The SMILES string of the molecule is O=C(N1CCC(Cc2cccnc2)CC1)[C@]12C[C@H](c3ccccc31)c1ccc(Cl)cc12. The van der Waals surface area contributed by atoms with Gasteiger partial charge in [0, 0.05) is 36.4 Å². The second-order valence-electron chi connectivity index (χ2n) is 9.28. The van der Waals surface area contributed by atoms with Crippen molar-refractivity contribution >= 4 is 17.5 Å². The number of carbonyl (C=O) groups is 1. The zero-order chi connectivity index (χ0) is 21.0. The van der Waals surface area contributed by atoms with Crippen molar-refractivity contribution in [3.8, 4) is 0 Å². The highest BCUT2D eigenvalue weighted by atomic mass is 35.5. The molecule has 6 rings (SSSR count).